The number of piperidine rings is 1. The molecule has 0 spiro atoms. The first kappa shape index (κ1) is 18.0. The number of hydrogen-bond donors (Lipinski definition) is 2. The van der Waals surface area contributed by atoms with E-state index >= 15 is 0 Å². The molecule has 1 atom stereocenters. The van der Waals surface area contributed by atoms with Crippen molar-refractivity contribution in [1.29, 1.82) is 5.26 Å². The molecule has 136 valence electrons. The van der Waals surface area contributed by atoms with E-state index in [4.69, 9.17) is 4.74 Å². The van der Waals surface area contributed by atoms with E-state index in [0.717, 1.165) is 31.8 Å². The zero-order valence-electron chi connectivity index (χ0n) is 15.0. The van der Waals surface area contributed by atoms with Gasteiger partial charge >= 0.3 is 0 Å². The third kappa shape index (κ3) is 3.86. The number of nitriles is 1. The highest BCUT2D eigenvalue weighted by molar-refractivity contribution is 5.92. The molecular weight excluding hydrogens is 330 g/mol. The van der Waals surface area contributed by atoms with E-state index < -0.39 is 6.04 Å². The number of H-pyrrole nitrogens is 1. The van der Waals surface area contributed by atoms with Crippen LogP contribution in [-0.2, 0) is 0 Å². The average Bonchev–Trinajstić information content (AvgIpc) is 3.17. The number of methoxy groups -OCH3 is 1. The van der Waals surface area contributed by atoms with Gasteiger partial charge in [-0.2, -0.15) is 5.26 Å². The number of amides is 1. The number of hydrogen-bond acceptors (Lipinski definition) is 5. The minimum Gasteiger partial charge on any atom is -0.496 e. The molecule has 1 saturated heterocycles. The van der Waals surface area contributed by atoms with E-state index in [-0.39, 0.29) is 5.91 Å². The van der Waals surface area contributed by atoms with Crippen molar-refractivity contribution >= 4 is 5.91 Å². The molecule has 1 fully saturated rings. The zero-order valence-corrected chi connectivity index (χ0v) is 15.0. The molecule has 26 heavy (non-hydrogen) atoms. The summed E-state index contributed by atoms with van der Waals surface area (Å²) in [6, 6.07) is 8.48. The molecule has 1 aliphatic rings. The van der Waals surface area contributed by atoms with Crippen molar-refractivity contribution in [2.24, 2.45) is 0 Å². The van der Waals surface area contributed by atoms with Gasteiger partial charge in [0, 0.05) is 11.5 Å². The van der Waals surface area contributed by atoms with Crippen molar-refractivity contribution in [3.8, 4) is 11.8 Å². The molecule has 3 rings (SSSR count). The van der Waals surface area contributed by atoms with Crippen LogP contribution in [-0.4, -0.2) is 48.0 Å². The number of imidazole rings is 1. The molecule has 1 aromatic heterocycles. The topological polar surface area (TPSA) is 94.0 Å². The summed E-state index contributed by atoms with van der Waals surface area (Å²) in [5.41, 5.74) is 0.995. The second-order valence-corrected chi connectivity index (χ2v) is 6.54. The first-order chi connectivity index (χ1) is 12.6. The summed E-state index contributed by atoms with van der Waals surface area (Å²) in [6.07, 6.45) is 3.58. The lowest BCUT2D eigenvalue weighted by molar-refractivity contribution is 0.0940. The van der Waals surface area contributed by atoms with Crippen molar-refractivity contribution < 1.29 is 9.53 Å². The van der Waals surface area contributed by atoms with E-state index in [1.807, 2.05) is 12.1 Å². The van der Waals surface area contributed by atoms with Crippen LogP contribution in [0.2, 0.25) is 0 Å². The Bertz CT molecular complexity index is 802. The van der Waals surface area contributed by atoms with Gasteiger partial charge in [0.2, 0.25) is 0 Å². The third-order valence-electron chi connectivity index (χ3n) is 4.80. The maximum absolute atomic E-state index is 12.6. The Balaban J connectivity index is 1.70. The molecule has 2 aromatic rings. The quantitative estimate of drug-likeness (QED) is 0.859. The standard InChI is InChI=1S/C19H23N5O2/c1-24-9-7-13(8-10-24)18-21-12-16(22-18)19(25)23-15(11-20)14-5-3-4-6-17(14)26-2/h3-6,12-13,15H,7-10H2,1-2H3,(H,21,22)(H,23,25). The van der Waals surface area contributed by atoms with E-state index in [9.17, 15) is 10.1 Å². The Morgan fingerprint density at radius 1 is 1.42 bits per heavy atom. The number of benzene rings is 1. The normalized spacial score (nSPS) is 16.7. The Morgan fingerprint density at radius 3 is 2.85 bits per heavy atom. The van der Waals surface area contributed by atoms with Crippen LogP contribution in [0, 0.1) is 11.3 Å². The lowest BCUT2D eigenvalue weighted by Crippen LogP contribution is -2.30. The summed E-state index contributed by atoms with van der Waals surface area (Å²) in [5.74, 6) is 1.40. The Labute approximate surface area is 153 Å². The Kier molecular flexibility index (Phi) is 5.54. The van der Waals surface area contributed by atoms with Crippen molar-refractivity contribution in [2.75, 3.05) is 27.2 Å². The summed E-state index contributed by atoms with van der Waals surface area (Å²) in [6.45, 7) is 2.05. The molecule has 0 radical (unpaired) electrons. The van der Waals surface area contributed by atoms with Crippen LogP contribution in [0.4, 0.5) is 0 Å². The maximum Gasteiger partial charge on any atom is 0.270 e. The second kappa shape index (κ2) is 8.02. The highest BCUT2D eigenvalue weighted by atomic mass is 16.5. The average molecular weight is 353 g/mol. The second-order valence-electron chi connectivity index (χ2n) is 6.54. The molecule has 1 aromatic carbocycles. The van der Waals surface area contributed by atoms with Crippen LogP contribution in [0.25, 0.3) is 0 Å². The van der Waals surface area contributed by atoms with Crippen molar-refractivity contribution in [3.63, 3.8) is 0 Å². The fourth-order valence-electron chi connectivity index (χ4n) is 3.23. The molecule has 7 nitrogen and oxygen atoms in total. The SMILES string of the molecule is COc1ccccc1C(C#N)NC(=O)c1cnc(C2CCN(C)CC2)[nH]1. The molecule has 2 N–H and O–H groups in total. The third-order valence-corrected chi connectivity index (χ3v) is 4.80. The number of aromatic amines is 1. The molecule has 0 aliphatic carbocycles. The van der Waals surface area contributed by atoms with Crippen molar-refractivity contribution in [1.82, 2.24) is 20.2 Å². The maximum atomic E-state index is 12.6. The lowest BCUT2D eigenvalue weighted by atomic mass is 9.97. The van der Waals surface area contributed by atoms with Crippen molar-refractivity contribution in [2.45, 2.75) is 24.8 Å². The number of carbonyl (C=O) groups excluding carboxylic acids is 1. The zero-order chi connectivity index (χ0) is 18.5. The summed E-state index contributed by atoms with van der Waals surface area (Å²) in [7, 11) is 3.65. The number of nitrogens with one attached hydrogen (secondary N) is 2. The predicted molar refractivity (Wildman–Crippen MR) is 96.9 cm³/mol. The fraction of sp³-hybridized carbons (Fsp3) is 0.421. The van der Waals surface area contributed by atoms with Gasteiger partial charge in [-0.25, -0.2) is 4.98 Å². The van der Waals surface area contributed by atoms with Gasteiger partial charge in [-0.05, 0) is 39.0 Å². The van der Waals surface area contributed by atoms with Crippen LogP contribution >= 0.6 is 0 Å². The first-order valence-electron chi connectivity index (χ1n) is 8.69. The van der Waals surface area contributed by atoms with Gasteiger partial charge in [-0.15, -0.1) is 0 Å². The van der Waals surface area contributed by atoms with Gasteiger partial charge in [0.15, 0.2) is 0 Å². The van der Waals surface area contributed by atoms with Gasteiger partial charge in [-0.3, -0.25) is 4.79 Å². The minimum absolute atomic E-state index is 0.341. The van der Waals surface area contributed by atoms with Gasteiger partial charge in [0.05, 0.1) is 19.4 Å². The number of rotatable bonds is 5. The van der Waals surface area contributed by atoms with Crippen LogP contribution in [0.15, 0.2) is 30.5 Å². The molecule has 2 heterocycles. The molecule has 0 bridgehead atoms. The summed E-state index contributed by atoms with van der Waals surface area (Å²) in [5, 5.41) is 12.2. The molecular formula is C19H23N5O2. The summed E-state index contributed by atoms with van der Waals surface area (Å²) in [4.78, 5) is 22.3. The highest BCUT2D eigenvalue weighted by Gasteiger charge is 2.23. The smallest absolute Gasteiger partial charge is 0.270 e. The Morgan fingerprint density at radius 2 is 2.15 bits per heavy atom. The van der Waals surface area contributed by atoms with Crippen molar-refractivity contribution in [3.05, 3.63) is 47.5 Å². The van der Waals surface area contributed by atoms with Gasteiger partial charge in [-0.1, -0.05) is 18.2 Å². The molecule has 0 saturated carbocycles. The van der Waals surface area contributed by atoms with E-state index in [2.05, 4.69) is 33.3 Å². The molecule has 1 aliphatic heterocycles. The van der Waals surface area contributed by atoms with Crippen LogP contribution < -0.4 is 10.1 Å². The number of nitrogens with zero attached hydrogens (tertiary/aromatic N) is 3. The monoisotopic (exact) mass is 353 g/mol. The van der Waals surface area contributed by atoms with Gasteiger partial charge in [0.25, 0.3) is 5.91 Å². The number of likely N-dealkylation sites (tertiary alicyclic amines) is 1. The summed E-state index contributed by atoms with van der Waals surface area (Å²) >= 11 is 0. The molecule has 1 amide bonds. The number of aromatic nitrogens is 2. The highest BCUT2D eigenvalue weighted by Crippen LogP contribution is 2.26. The fourth-order valence-corrected chi connectivity index (χ4v) is 3.23. The largest absolute Gasteiger partial charge is 0.496 e. The van der Waals surface area contributed by atoms with Crippen LogP contribution in [0.5, 0.6) is 5.75 Å². The number of carbonyl (C=O) groups is 1. The van der Waals surface area contributed by atoms with Gasteiger partial charge < -0.3 is 19.9 Å². The van der Waals surface area contributed by atoms with Gasteiger partial charge in [0.1, 0.15) is 23.3 Å². The molecule has 1 unspecified atom stereocenters. The Hall–Kier alpha value is -2.85. The van der Waals surface area contributed by atoms with E-state index in [1.54, 1.807) is 18.3 Å². The van der Waals surface area contributed by atoms with E-state index in [1.165, 1.54) is 7.11 Å². The minimum atomic E-state index is -0.797. The van der Waals surface area contributed by atoms with Crippen LogP contribution in [0.1, 0.15) is 46.7 Å². The molecule has 7 heteroatoms. The number of ether oxygens (including phenoxy) is 1. The lowest BCUT2D eigenvalue weighted by Gasteiger charge is -2.27. The van der Waals surface area contributed by atoms with E-state index in [0.29, 0.717) is 22.9 Å². The predicted octanol–water partition coefficient (Wildman–Crippen LogP) is 2.22. The first-order valence-corrected chi connectivity index (χ1v) is 8.69. The number of para-hydroxylation sites is 1. The van der Waals surface area contributed by atoms with Crippen LogP contribution in [0.3, 0.4) is 0 Å². The summed E-state index contributed by atoms with van der Waals surface area (Å²) < 4.78 is 5.28.